The van der Waals surface area contributed by atoms with Crippen molar-refractivity contribution in [2.45, 2.75) is 13.5 Å². The summed E-state index contributed by atoms with van der Waals surface area (Å²) in [4.78, 5) is 19.3. The summed E-state index contributed by atoms with van der Waals surface area (Å²) in [6, 6.07) is 4.10. The number of methoxy groups -OCH3 is 1. The van der Waals surface area contributed by atoms with Crippen molar-refractivity contribution >= 4 is 39.1 Å². The van der Waals surface area contributed by atoms with Crippen LogP contribution in [0.15, 0.2) is 20.9 Å². The van der Waals surface area contributed by atoms with Gasteiger partial charge in [-0.15, -0.1) is 11.3 Å². The number of nitrogens with one attached hydrogen (secondary N) is 2. The molecule has 6 nitrogen and oxygen atoms in total. The Labute approximate surface area is 144 Å². The monoisotopic (exact) mass is 390 g/mol. The van der Waals surface area contributed by atoms with Gasteiger partial charge in [-0.25, -0.2) is 4.99 Å². The summed E-state index contributed by atoms with van der Waals surface area (Å²) in [6.07, 6.45) is 0. The van der Waals surface area contributed by atoms with Crippen LogP contribution in [0.4, 0.5) is 0 Å². The fraction of sp³-hybridized carbons (Fsp3) is 0.571. The van der Waals surface area contributed by atoms with Gasteiger partial charge in [-0.3, -0.25) is 4.79 Å². The maximum absolute atomic E-state index is 11.7. The van der Waals surface area contributed by atoms with Gasteiger partial charge in [0.1, 0.15) is 6.54 Å². The number of nitrogens with zero attached hydrogens (tertiary/aromatic N) is 2. The van der Waals surface area contributed by atoms with Crippen LogP contribution in [0.25, 0.3) is 0 Å². The topological polar surface area (TPSA) is 66.0 Å². The molecule has 1 aromatic rings. The van der Waals surface area contributed by atoms with E-state index in [1.54, 1.807) is 18.4 Å². The van der Waals surface area contributed by atoms with Crippen LogP contribution in [0, 0.1) is 0 Å². The van der Waals surface area contributed by atoms with Crippen LogP contribution in [-0.4, -0.2) is 57.2 Å². The number of carbonyl (C=O) groups excluding carboxylic acids is 1. The maximum atomic E-state index is 11.7. The molecule has 0 saturated heterocycles. The van der Waals surface area contributed by atoms with Crippen LogP contribution in [0.5, 0.6) is 0 Å². The molecule has 8 heteroatoms. The second-order valence-corrected chi connectivity index (χ2v) is 7.12. The maximum Gasteiger partial charge on any atom is 0.241 e. The van der Waals surface area contributed by atoms with E-state index in [0.29, 0.717) is 19.1 Å². The van der Waals surface area contributed by atoms with Crippen molar-refractivity contribution in [3.05, 3.63) is 20.8 Å². The van der Waals surface area contributed by atoms with E-state index in [9.17, 15) is 4.79 Å². The molecule has 0 saturated carbocycles. The van der Waals surface area contributed by atoms with Crippen molar-refractivity contribution in [2.24, 2.45) is 4.99 Å². The summed E-state index contributed by atoms with van der Waals surface area (Å²) in [6.45, 7) is 4.60. The Morgan fingerprint density at radius 2 is 2.23 bits per heavy atom. The Morgan fingerprint density at radius 3 is 2.82 bits per heavy atom. The van der Waals surface area contributed by atoms with Gasteiger partial charge in [0.25, 0.3) is 0 Å². The van der Waals surface area contributed by atoms with E-state index in [4.69, 9.17) is 4.74 Å². The molecule has 0 atom stereocenters. The van der Waals surface area contributed by atoms with Gasteiger partial charge in [0.15, 0.2) is 5.96 Å². The SMILES string of the molecule is CCNC(=NCC(=O)NCCOC)N(C)Cc1ccc(Br)s1. The predicted molar refractivity (Wildman–Crippen MR) is 94.4 cm³/mol. The van der Waals surface area contributed by atoms with Crippen molar-refractivity contribution in [1.29, 1.82) is 0 Å². The Bertz CT molecular complexity index is 493. The van der Waals surface area contributed by atoms with Crippen molar-refractivity contribution in [3.63, 3.8) is 0 Å². The summed E-state index contributed by atoms with van der Waals surface area (Å²) in [5.41, 5.74) is 0. The Kier molecular flexibility index (Phi) is 9.10. The molecule has 2 N–H and O–H groups in total. The highest BCUT2D eigenvalue weighted by molar-refractivity contribution is 9.11. The van der Waals surface area contributed by atoms with E-state index in [-0.39, 0.29) is 12.5 Å². The summed E-state index contributed by atoms with van der Waals surface area (Å²) < 4.78 is 6.00. The summed E-state index contributed by atoms with van der Waals surface area (Å²) >= 11 is 5.15. The van der Waals surface area contributed by atoms with Crippen molar-refractivity contribution in [1.82, 2.24) is 15.5 Å². The summed E-state index contributed by atoms with van der Waals surface area (Å²) in [5.74, 6) is 0.605. The molecule has 1 heterocycles. The zero-order valence-electron chi connectivity index (χ0n) is 13.2. The summed E-state index contributed by atoms with van der Waals surface area (Å²) in [7, 11) is 3.56. The van der Waals surface area contributed by atoms with E-state index in [1.165, 1.54) is 4.88 Å². The van der Waals surface area contributed by atoms with Crippen LogP contribution in [-0.2, 0) is 16.1 Å². The molecule has 0 unspecified atom stereocenters. The second kappa shape index (κ2) is 10.6. The minimum atomic E-state index is -0.111. The third kappa shape index (κ3) is 7.24. The molecule has 0 aromatic carbocycles. The smallest absolute Gasteiger partial charge is 0.241 e. The third-order valence-electron chi connectivity index (χ3n) is 2.72. The zero-order valence-corrected chi connectivity index (χ0v) is 15.6. The molecule has 0 spiro atoms. The first-order chi connectivity index (χ1) is 10.6. The third-order valence-corrected chi connectivity index (χ3v) is 4.33. The lowest BCUT2D eigenvalue weighted by Crippen LogP contribution is -2.39. The lowest BCUT2D eigenvalue weighted by atomic mass is 10.4. The number of guanidine groups is 1. The molecule has 1 amide bonds. The van der Waals surface area contributed by atoms with Gasteiger partial charge in [0, 0.05) is 32.1 Å². The first-order valence-electron chi connectivity index (χ1n) is 7.06. The number of ether oxygens (including phenoxy) is 1. The number of carbonyl (C=O) groups is 1. The van der Waals surface area contributed by atoms with Crippen molar-refractivity contribution in [2.75, 3.05) is 40.4 Å². The van der Waals surface area contributed by atoms with E-state index in [1.807, 2.05) is 24.9 Å². The van der Waals surface area contributed by atoms with Gasteiger partial charge < -0.3 is 20.3 Å². The molecule has 0 aliphatic rings. The number of amides is 1. The number of hydrogen-bond acceptors (Lipinski definition) is 4. The first kappa shape index (κ1) is 18.9. The number of thiophene rings is 1. The second-order valence-electron chi connectivity index (χ2n) is 4.57. The van der Waals surface area contributed by atoms with Crippen LogP contribution in [0.2, 0.25) is 0 Å². The Balaban J connectivity index is 2.54. The minimum absolute atomic E-state index is 0.102. The number of aliphatic imine (C=N–C) groups is 1. The van der Waals surface area contributed by atoms with E-state index in [2.05, 4.69) is 37.6 Å². The Morgan fingerprint density at radius 1 is 1.45 bits per heavy atom. The lowest BCUT2D eigenvalue weighted by molar-refractivity contribution is -0.119. The van der Waals surface area contributed by atoms with Gasteiger partial charge in [-0.1, -0.05) is 0 Å². The van der Waals surface area contributed by atoms with Gasteiger partial charge in [0.05, 0.1) is 16.9 Å². The van der Waals surface area contributed by atoms with Crippen LogP contribution in [0.3, 0.4) is 0 Å². The van der Waals surface area contributed by atoms with E-state index in [0.717, 1.165) is 16.9 Å². The highest BCUT2D eigenvalue weighted by Crippen LogP contribution is 2.22. The molecule has 0 aliphatic carbocycles. The molecular formula is C14H23BrN4O2S. The molecular weight excluding hydrogens is 368 g/mol. The van der Waals surface area contributed by atoms with E-state index >= 15 is 0 Å². The average molecular weight is 391 g/mol. The van der Waals surface area contributed by atoms with Crippen molar-refractivity contribution in [3.8, 4) is 0 Å². The number of halogens is 1. The van der Waals surface area contributed by atoms with Gasteiger partial charge in [-0.05, 0) is 35.0 Å². The molecule has 1 rings (SSSR count). The molecule has 22 heavy (non-hydrogen) atoms. The number of rotatable bonds is 8. The van der Waals surface area contributed by atoms with Crippen LogP contribution >= 0.6 is 27.3 Å². The van der Waals surface area contributed by atoms with Crippen LogP contribution in [0.1, 0.15) is 11.8 Å². The highest BCUT2D eigenvalue weighted by atomic mass is 79.9. The number of hydrogen-bond donors (Lipinski definition) is 2. The fourth-order valence-corrected chi connectivity index (χ4v) is 3.25. The molecule has 1 aromatic heterocycles. The van der Waals surface area contributed by atoms with E-state index < -0.39 is 0 Å². The van der Waals surface area contributed by atoms with Gasteiger partial charge in [0.2, 0.25) is 5.91 Å². The van der Waals surface area contributed by atoms with Gasteiger partial charge in [-0.2, -0.15) is 0 Å². The lowest BCUT2D eigenvalue weighted by Gasteiger charge is -2.21. The average Bonchev–Trinajstić information content (AvgIpc) is 2.88. The highest BCUT2D eigenvalue weighted by Gasteiger charge is 2.09. The van der Waals surface area contributed by atoms with Gasteiger partial charge >= 0.3 is 0 Å². The normalized spacial score (nSPS) is 11.4. The zero-order chi connectivity index (χ0) is 16.4. The van der Waals surface area contributed by atoms with Crippen LogP contribution < -0.4 is 10.6 Å². The van der Waals surface area contributed by atoms with Crippen molar-refractivity contribution < 1.29 is 9.53 Å². The molecule has 124 valence electrons. The largest absolute Gasteiger partial charge is 0.383 e. The Hall–Kier alpha value is -1.12. The fourth-order valence-electron chi connectivity index (χ4n) is 1.71. The first-order valence-corrected chi connectivity index (χ1v) is 8.67. The quantitative estimate of drug-likeness (QED) is 0.402. The molecule has 0 aliphatic heterocycles. The summed E-state index contributed by atoms with van der Waals surface area (Å²) in [5, 5.41) is 5.95. The standard InChI is InChI=1S/C14H23BrN4O2S/c1-4-16-14(18-9-13(20)17-7-8-21-3)19(2)10-11-5-6-12(15)22-11/h5-6H,4,7-10H2,1-3H3,(H,16,18)(H,17,20). The minimum Gasteiger partial charge on any atom is -0.383 e. The molecule has 0 fully saturated rings. The molecule has 0 bridgehead atoms. The molecule has 0 radical (unpaired) electrons. The predicted octanol–water partition coefficient (Wildman–Crippen LogP) is 1.67.